The summed E-state index contributed by atoms with van der Waals surface area (Å²) >= 11 is 1.31. The van der Waals surface area contributed by atoms with Crippen molar-refractivity contribution in [2.24, 2.45) is 0 Å². The molecule has 3 amide bonds. The number of methoxy groups -OCH3 is 1. The SMILES string of the molecule is COc1ccc(C(=O)N2CCN(c3ccc(NC(=O)CN(Cc4ccc(F)cc4)C(=O)c4cccs4)cc3)CC2)cc1. The van der Waals surface area contributed by atoms with Crippen LogP contribution in [-0.4, -0.2) is 67.4 Å². The number of nitrogens with zero attached hydrogens (tertiary/aromatic N) is 3. The highest BCUT2D eigenvalue weighted by Gasteiger charge is 2.23. The molecule has 1 N–H and O–H groups in total. The molecule has 0 spiro atoms. The number of thiophene rings is 1. The van der Waals surface area contributed by atoms with Crippen LogP contribution in [0.25, 0.3) is 0 Å². The van der Waals surface area contributed by atoms with E-state index in [1.165, 1.54) is 28.4 Å². The molecule has 42 heavy (non-hydrogen) atoms. The van der Waals surface area contributed by atoms with E-state index in [-0.39, 0.29) is 36.6 Å². The monoisotopic (exact) mass is 586 g/mol. The molecule has 0 radical (unpaired) electrons. The zero-order valence-corrected chi connectivity index (χ0v) is 24.0. The van der Waals surface area contributed by atoms with E-state index in [1.807, 2.05) is 34.5 Å². The van der Waals surface area contributed by atoms with Crippen LogP contribution in [0.2, 0.25) is 0 Å². The number of carbonyl (C=O) groups excluding carboxylic acids is 3. The molecule has 1 fully saturated rings. The Hall–Kier alpha value is -4.70. The Kier molecular flexibility index (Phi) is 9.13. The molecule has 0 bridgehead atoms. The minimum Gasteiger partial charge on any atom is -0.497 e. The number of hydrogen-bond donors (Lipinski definition) is 1. The van der Waals surface area contributed by atoms with Gasteiger partial charge in [-0.25, -0.2) is 4.39 Å². The van der Waals surface area contributed by atoms with Gasteiger partial charge in [0.15, 0.2) is 0 Å². The smallest absolute Gasteiger partial charge is 0.264 e. The minimum atomic E-state index is -0.361. The number of piperazine rings is 1. The molecule has 8 nitrogen and oxygen atoms in total. The van der Waals surface area contributed by atoms with E-state index in [0.717, 1.165) is 11.3 Å². The van der Waals surface area contributed by atoms with Gasteiger partial charge in [-0.3, -0.25) is 14.4 Å². The summed E-state index contributed by atoms with van der Waals surface area (Å²) in [5.74, 6) is -0.239. The van der Waals surface area contributed by atoms with E-state index in [9.17, 15) is 18.8 Å². The minimum absolute atomic E-state index is 0.00129. The Balaban J connectivity index is 1.16. The van der Waals surface area contributed by atoms with Gasteiger partial charge in [0.25, 0.3) is 11.8 Å². The topological polar surface area (TPSA) is 82.2 Å². The largest absolute Gasteiger partial charge is 0.497 e. The van der Waals surface area contributed by atoms with E-state index in [2.05, 4.69) is 10.2 Å². The van der Waals surface area contributed by atoms with Gasteiger partial charge in [-0.15, -0.1) is 11.3 Å². The molecule has 1 saturated heterocycles. The van der Waals surface area contributed by atoms with Crippen LogP contribution in [0, 0.1) is 5.82 Å². The highest BCUT2D eigenvalue weighted by Crippen LogP contribution is 2.22. The summed E-state index contributed by atoms with van der Waals surface area (Å²) in [7, 11) is 1.60. The number of carbonyl (C=O) groups is 3. The molecule has 2 heterocycles. The predicted molar refractivity (Wildman–Crippen MR) is 162 cm³/mol. The van der Waals surface area contributed by atoms with Crippen LogP contribution in [0.4, 0.5) is 15.8 Å². The lowest BCUT2D eigenvalue weighted by molar-refractivity contribution is -0.117. The van der Waals surface area contributed by atoms with Crippen LogP contribution in [0.1, 0.15) is 25.6 Å². The van der Waals surface area contributed by atoms with Crippen molar-refractivity contribution in [2.45, 2.75) is 6.54 Å². The molecule has 1 aliphatic heterocycles. The first-order valence-electron chi connectivity index (χ1n) is 13.5. The molecule has 0 aliphatic carbocycles. The Bertz CT molecular complexity index is 1500. The lowest BCUT2D eigenvalue weighted by Gasteiger charge is -2.36. The third-order valence-electron chi connectivity index (χ3n) is 7.06. The number of benzene rings is 3. The van der Waals surface area contributed by atoms with Crippen LogP contribution in [0.3, 0.4) is 0 Å². The van der Waals surface area contributed by atoms with Crippen LogP contribution in [-0.2, 0) is 11.3 Å². The third kappa shape index (κ3) is 7.13. The summed E-state index contributed by atoms with van der Waals surface area (Å²) in [6.45, 7) is 2.61. The van der Waals surface area contributed by atoms with E-state index in [1.54, 1.807) is 55.6 Å². The fourth-order valence-corrected chi connectivity index (χ4v) is 5.47. The van der Waals surface area contributed by atoms with Crippen molar-refractivity contribution in [3.05, 3.63) is 112 Å². The molecule has 216 valence electrons. The fourth-order valence-electron chi connectivity index (χ4n) is 4.78. The number of ether oxygens (including phenoxy) is 1. The van der Waals surface area contributed by atoms with Gasteiger partial charge in [-0.2, -0.15) is 0 Å². The van der Waals surface area contributed by atoms with Crippen LogP contribution < -0.4 is 15.0 Å². The Morgan fingerprint density at radius 2 is 1.60 bits per heavy atom. The normalized spacial score (nSPS) is 13.0. The molecule has 0 saturated carbocycles. The molecule has 1 aromatic heterocycles. The Labute approximate surface area is 247 Å². The van der Waals surface area contributed by atoms with Gasteiger partial charge < -0.3 is 24.8 Å². The fraction of sp³-hybridized carbons (Fsp3) is 0.219. The molecule has 3 aromatic carbocycles. The lowest BCUT2D eigenvalue weighted by atomic mass is 10.1. The second kappa shape index (κ2) is 13.3. The van der Waals surface area contributed by atoms with Gasteiger partial charge in [0.2, 0.25) is 5.91 Å². The number of anilines is 2. The maximum absolute atomic E-state index is 13.4. The van der Waals surface area contributed by atoms with Crippen LogP contribution in [0.15, 0.2) is 90.3 Å². The molecule has 5 rings (SSSR count). The molecule has 4 aromatic rings. The maximum atomic E-state index is 13.4. The number of amides is 3. The standard InChI is InChI=1S/C32H31FN4O4S/c1-41-28-14-6-24(7-15-28)31(39)36-18-16-35(17-19-36)27-12-10-26(11-13-27)34-30(38)22-37(32(40)29-3-2-20-42-29)21-23-4-8-25(33)9-5-23/h2-15,20H,16-19,21-22H2,1H3,(H,34,38). The van der Waals surface area contributed by atoms with E-state index in [0.29, 0.717) is 48.1 Å². The first-order valence-corrected chi connectivity index (χ1v) is 14.4. The van der Waals surface area contributed by atoms with Crippen LogP contribution in [0.5, 0.6) is 5.75 Å². The van der Waals surface area contributed by atoms with Crippen molar-refractivity contribution < 1.29 is 23.5 Å². The molecule has 1 aliphatic rings. The van der Waals surface area contributed by atoms with Gasteiger partial charge >= 0.3 is 0 Å². The molecule has 10 heteroatoms. The molecular formula is C32H31FN4O4S. The summed E-state index contributed by atoms with van der Waals surface area (Å²) in [5, 5.41) is 4.69. The zero-order valence-electron chi connectivity index (χ0n) is 23.2. The number of hydrogen-bond acceptors (Lipinski definition) is 6. The first-order chi connectivity index (χ1) is 20.4. The van der Waals surface area contributed by atoms with Crippen molar-refractivity contribution in [2.75, 3.05) is 50.1 Å². The quantitative estimate of drug-likeness (QED) is 0.294. The predicted octanol–water partition coefficient (Wildman–Crippen LogP) is 5.14. The summed E-state index contributed by atoms with van der Waals surface area (Å²) in [6.07, 6.45) is 0. The Morgan fingerprint density at radius 3 is 2.21 bits per heavy atom. The average Bonchev–Trinajstić information content (AvgIpc) is 3.57. The summed E-state index contributed by atoms with van der Waals surface area (Å²) in [5.41, 5.74) is 2.97. The number of halogens is 1. The van der Waals surface area contributed by atoms with Crippen molar-refractivity contribution >= 4 is 40.4 Å². The third-order valence-corrected chi connectivity index (χ3v) is 7.92. The summed E-state index contributed by atoms with van der Waals surface area (Å²) in [4.78, 5) is 45.0. The van der Waals surface area contributed by atoms with E-state index in [4.69, 9.17) is 4.74 Å². The van der Waals surface area contributed by atoms with Crippen LogP contribution >= 0.6 is 11.3 Å². The average molecular weight is 587 g/mol. The van der Waals surface area contributed by atoms with Gasteiger partial charge in [0, 0.05) is 49.7 Å². The molecule has 0 unspecified atom stereocenters. The molecular weight excluding hydrogens is 555 g/mol. The number of rotatable bonds is 9. The van der Waals surface area contributed by atoms with E-state index >= 15 is 0 Å². The van der Waals surface area contributed by atoms with Crippen molar-refractivity contribution in [3.8, 4) is 5.75 Å². The zero-order chi connectivity index (χ0) is 29.5. The van der Waals surface area contributed by atoms with E-state index < -0.39 is 0 Å². The Morgan fingerprint density at radius 1 is 0.905 bits per heavy atom. The second-order valence-corrected chi connectivity index (χ2v) is 10.8. The van der Waals surface area contributed by atoms with Gasteiger partial charge in [-0.05, 0) is 77.7 Å². The maximum Gasteiger partial charge on any atom is 0.264 e. The summed E-state index contributed by atoms with van der Waals surface area (Å²) < 4.78 is 18.5. The second-order valence-electron chi connectivity index (χ2n) is 9.87. The summed E-state index contributed by atoms with van der Waals surface area (Å²) in [6, 6.07) is 24.0. The van der Waals surface area contributed by atoms with Crippen molar-refractivity contribution in [1.82, 2.24) is 9.80 Å². The van der Waals surface area contributed by atoms with Gasteiger partial charge in [0.05, 0.1) is 12.0 Å². The van der Waals surface area contributed by atoms with Gasteiger partial charge in [-0.1, -0.05) is 18.2 Å². The molecule has 0 atom stereocenters. The lowest BCUT2D eigenvalue weighted by Crippen LogP contribution is -2.48. The van der Waals surface area contributed by atoms with Crippen molar-refractivity contribution in [1.29, 1.82) is 0 Å². The van der Waals surface area contributed by atoms with Crippen molar-refractivity contribution in [3.63, 3.8) is 0 Å². The number of nitrogens with one attached hydrogen (secondary N) is 1. The first kappa shape index (κ1) is 28.8. The van der Waals surface area contributed by atoms with Gasteiger partial charge in [0.1, 0.15) is 18.1 Å². The highest BCUT2D eigenvalue weighted by molar-refractivity contribution is 7.12. The highest BCUT2D eigenvalue weighted by atomic mass is 32.1.